The first-order valence-electron chi connectivity index (χ1n) is 8.24. The lowest BCUT2D eigenvalue weighted by molar-refractivity contribution is -0.139. The van der Waals surface area contributed by atoms with Crippen molar-refractivity contribution in [3.05, 3.63) is 59.3 Å². The van der Waals surface area contributed by atoms with Gasteiger partial charge >= 0.3 is 11.9 Å². The molecule has 2 rings (SSSR count). The SMILES string of the molecule is C=CC(c1ccc(CC(=O)OC)cc1)c1n[nH]c(SCCC)c1C(=O)O. The molecule has 0 aliphatic heterocycles. The number of ether oxygens (including phenoxy) is 1. The van der Waals surface area contributed by atoms with Gasteiger partial charge in [0.15, 0.2) is 0 Å². The molecule has 0 spiro atoms. The predicted octanol–water partition coefficient (Wildman–Crippen LogP) is 3.64. The van der Waals surface area contributed by atoms with Gasteiger partial charge in [-0.15, -0.1) is 18.3 Å². The van der Waals surface area contributed by atoms with Crippen LogP contribution in [-0.2, 0) is 16.0 Å². The molecule has 0 fully saturated rings. The van der Waals surface area contributed by atoms with Crippen molar-refractivity contribution in [2.75, 3.05) is 12.9 Å². The van der Waals surface area contributed by atoms with Crippen LogP contribution in [0.4, 0.5) is 0 Å². The number of aromatic carboxylic acids is 1. The fourth-order valence-electron chi connectivity index (χ4n) is 2.57. The van der Waals surface area contributed by atoms with Crippen molar-refractivity contribution in [1.29, 1.82) is 0 Å². The summed E-state index contributed by atoms with van der Waals surface area (Å²) in [7, 11) is 1.35. The average Bonchev–Trinajstić information content (AvgIpc) is 3.05. The van der Waals surface area contributed by atoms with Gasteiger partial charge in [0.1, 0.15) is 10.6 Å². The van der Waals surface area contributed by atoms with Gasteiger partial charge in [0, 0.05) is 5.92 Å². The number of hydrogen-bond donors (Lipinski definition) is 2. The molecule has 0 aliphatic carbocycles. The van der Waals surface area contributed by atoms with Crippen LogP contribution in [0.1, 0.15) is 46.4 Å². The van der Waals surface area contributed by atoms with Crippen LogP contribution in [0.25, 0.3) is 0 Å². The summed E-state index contributed by atoms with van der Waals surface area (Å²) in [6.07, 6.45) is 2.80. The summed E-state index contributed by atoms with van der Waals surface area (Å²) >= 11 is 1.45. The average molecular weight is 374 g/mol. The third-order valence-corrected chi connectivity index (χ3v) is 5.07. The first-order chi connectivity index (χ1) is 12.5. The molecule has 138 valence electrons. The largest absolute Gasteiger partial charge is 0.478 e. The lowest BCUT2D eigenvalue weighted by atomic mass is 9.92. The minimum absolute atomic E-state index is 0.187. The Morgan fingerprint density at radius 1 is 1.38 bits per heavy atom. The van der Waals surface area contributed by atoms with E-state index in [9.17, 15) is 14.7 Å². The number of carboxylic acids is 1. The molecule has 1 heterocycles. The van der Waals surface area contributed by atoms with E-state index in [4.69, 9.17) is 0 Å². The van der Waals surface area contributed by atoms with Gasteiger partial charge in [0.25, 0.3) is 0 Å². The topological polar surface area (TPSA) is 92.3 Å². The Balaban J connectivity index is 2.33. The summed E-state index contributed by atoms with van der Waals surface area (Å²) in [6, 6.07) is 7.35. The Morgan fingerprint density at radius 2 is 2.08 bits per heavy atom. The van der Waals surface area contributed by atoms with Gasteiger partial charge in [0.2, 0.25) is 0 Å². The number of nitrogens with one attached hydrogen (secondary N) is 1. The van der Waals surface area contributed by atoms with E-state index in [1.54, 1.807) is 6.08 Å². The van der Waals surface area contributed by atoms with Gasteiger partial charge in [-0.25, -0.2) is 4.79 Å². The Labute approximate surface area is 156 Å². The van der Waals surface area contributed by atoms with Crippen LogP contribution in [0.15, 0.2) is 41.9 Å². The Kier molecular flexibility index (Phi) is 7.03. The highest BCUT2D eigenvalue weighted by atomic mass is 32.2. The van der Waals surface area contributed by atoms with Crippen LogP contribution < -0.4 is 0 Å². The maximum atomic E-state index is 11.8. The van der Waals surface area contributed by atoms with Crippen LogP contribution in [0.5, 0.6) is 0 Å². The first-order valence-corrected chi connectivity index (χ1v) is 9.22. The van der Waals surface area contributed by atoms with E-state index < -0.39 is 5.97 Å². The molecule has 0 saturated carbocycles. The van der Waals surface area contributed by atoms with Gasteiger partial charge in [0.05, 0.1) is 19.2 Å². The number of esters is 1. The van der Waals surface area contributed by atoms with Gasteiger partial charge < -0.3 is 9.84 Å². The number of benzene rings is 1. The molecule has 6 nitrogen and oxygen atoms in total. The number of rotatable bonds is 9. The number of aromatic nitrogens is 2. The Hall–Kier alpha value is -2.54. The quantitative estimate of drug-likeness (QED) is 0.395. The Bertz CT molecular complexity index is 783. The van der Waals surface area contributed by atoms with Crippen molar-refractivity contribution in [1.82, 2.24) is 10.2 Å². The molecule has 7 heteroatoms. The fourth-order valence-corrected chi connectivity index (χ4v) is 3.42. The van der Waals surface area contributed by atoms with E-state index in [1.165, 1.54) is 18.9 Å². The number of hydrogen-bond acceptors (Lipinski definition) is 5. The third-order valence-electron chi connectivity index (χ3n) is 3.87. The highest BCUT2D eigenvalue weighted by Crippen LogP contribution is 2.32. The number of H-pyrrole nitrogens is 1. The number of thioether (sulfide) groups is 1. The standard InChI is InChI=1S/C19H22N2O4S/c1-4-10-26-18-16(19(23)24)17(20-21-18)14(5-2)13-8-6-12(7-9-13)11-15(22)25-3/h5-9,14H,2,4,10-11H2,1,3H3,(H,20,21)(H,23,24). The molecule has 2 aromatic rings. The maximum Gasteiger partial charge on any atom is 0.340 e. The van der Waals surface area contributed by atoms with Crippen molar-refractivity contribution in [3.63, 3.8) is 0 Å². The summed E-state index contributed by atoms with van der Waals surface area (Å²) in [5, 5.41) is 17.3. The van der Waals surface area contributed by atoms with Crippen molar-refractivity contribution in [2.24, 2.45) is 0 Å². The second-order valence-corrected chi connectivity index (χ2v) is 6.78. The smallest absolute Gasteiger partial charge is 0.340 e. The number of allylic oxidation sites excluding steroid dienone is 1. The van der Waals surface area contributed by atoms with E-state index in [2.05, 4.69) is 21.5 Å². The molecule has 1 aromatic carbocycles. The Morgan fingerprint density at radius 3 is 2.62 bits per heavy atom. The first kappa shape index (κ1) is 19.8. The van der Waals surface area contributed by atoms with Crippen LogP contribution in [0.2, 0.25) is 0 Å². The zero-order valence-electron chi connectivity index (χ0n) is 14.8. The minimum atomic E-state index is -1.01. The van der Waals surface area contributed by atoms with Gasteiger partial charge in [-0.2, -0.15) is 5.10 Å². The molecule has 1 atom stereocenters. The van der Waals surface area contributed by atoms with E-state index in [0.717, 1.165) is 23.3 Å². The number of carbonyl (C=O) groups excluding carboxylic acids is 1. The zero-order chi connectivity index (χ0) is 19.1. The van der Waals surface area contributed by atoms with E-state index in [1.807, 2.05) is 31.2 Å². The van der Waals surface area contributed by atoms with Gasteiger partial charge in [-0.1, -0.05) is 37.3 Å². The molecule has 0 amide bonds. The molecule has 0 bridgehead atoms. The molecule has 0 saturated heterocycles. The molecule has 1 unspecified atom stereocenters. The van der Waals surface area contributed by atoms with Crippen molar-refractivity contribution in [3.8, 4) is 0 Å². The summed E-state index contributed by atoms with van der Waals surface area (Å²) in [6.45, 7) is 5.88. The maximum absolute atomic E-state index is 11.8. The third kappa shape index (κ3) is 4.54. The van der Waals surface area contributed by atoms with E-state index in [-0.39, 0.29) is 23.9 Å². The van der Waals surface area contributed by atoms with Crippen LogP contribution in [-0.4, -0.2) is 40.1 Å². The summed E-state index contributed by atoms with van der Waals surface area (Å²) in [5.41, 5.74) is 2.30. The van der Waals surface area contributed by atoms with Crippen LogP contribution in [0, 0.1) is 0 Å². The summed E-state index contributed by atoms with van der Waals surface area (Å²) in [5.74, 6) is -0.874. The lowest BCUT2D eigenvalue weighted by Gasteiger charge is -2.12. The molecular formula is C19H22N2O4S. The number of methoxy groups -OCH3 is 1. The van der Waals surface area contributed by atoms with Gasteiger partial charge in [-0.05, 0) is 23.3 Å². The fraction of sp³-hybridized carbons (Fsp3) is 0.316. The molecule has 0 aliphatic rings. The number of carboxylic acid groups (broad SMARTS) is 1. The normalized spacial score (nSPS) is 11.8. The minimum Gasteiger partial charge on any atom is -0.478 e. The number of carbonyl (C=O) groups is 2. The number of nitrogens with zero attached hydrogens (tertiary/aromatic N) is 1. The summed E-state index contributed by atoms with van der Waals surface area (Å²) in [4.78, 5) is 23.1. The van der Waals surface area contributed by atoms with Crippen molar-refractivity contribution < 1.29 is 19.4 Å². The second-order valence-electron chi connectivity index (χ2n) is 5.67. The van der Waals surface area contributed by atoms with Crippen LogP contribution >= 0.6 is 11.8 Å². The molecule has 2 N–H and O–H groups in total. The molecular weight excluding hydrogens is 352 g/mol. The van der Waals surface area contributed by atoms with Crippen molar-refractivity contribution in [2.45, 2.75) is 30.7 Å². The zero-order valence-corrected chi connectivity index (χ0v) is 15.6. The highest BCUT2D eigenvalue weighted by Gasteiger charge is 2.25. The summed E-state index contributed by atoms with van der Waals surface area (Å²) < 4.78 is 4.66. The highest BCUT2D eigenvalue weighted by molar-refractivity contribution is 7.99. The van der Waals surface area contributed by atoms with Crippen molar-refractivity contribution >= 4 is 23.7 Å². The lowest BCUT2D eigenvalue weighted by Crippen LogP contribution is -2.08. The van der Waals surface area contributed by atoms with Crippen LogP contribution in [0.3, 0.4) is 0 Å². The number of aromatic amines is 1. The van der Waals surface area contributed by atoms with Gasteiger partial charge in [-0.3, -0.25) is 9.89 Å². The molecule has 0 radical (unpaired) electrons. The monoisotopic (exact) mass is 374 g/mol. The van der Waals surface area contributed by atoms with E-state index >= 15 is 0 Å². The predicted molar refractivity (Wildman–Crippen MR) is 101 cm³/mol. The molecule has 1 aromatic heterocycles. The molecule has 26 heavy (non-hydrogen) atoms. The second kappa shape index (κ2) is 9.24. The van der Waals surface area contributed by atoms with E-state index in [0.29, 0.717) is 10.7 Å².